The molecule has 0 saturated heterocycles. The summed E-state index contributed by atoms with van der Waals surface area (Å²) in [6.45, 7) is 3.82. The van der Waals surface area contributed by atoms with Crippen LogP contribution in [0.1, 0.15) is 34.7 Å². The molecule has 0 aliphatic carbocycles. The van der Waals surface area contributed by atoms with Crippen molar-refractivity contribution in [2.24, 2.45) is 0 Å². The number of hydrogen-bond acceptors (Lipinski definition) is 5. The lowest BCUT2D eigenvalue weighted by Crippen LogP contribution is -2.27. The van der Waals surface area contributed by atoms with Gasteiger partial charge >= 0.3 is 0 Å². The van der Waals surface area contributed by atoms with Crippen LogP contribution in [-0.4, -0.2) is 21.0 Å². The van der Waals surface area contributed by atoms with Gasteiger partial charge in [-0.05, 0) is 25.5 Å². The zero-order valence-electron chi connectivity index (χ0n) is 12.9. The molecule has 0 radical (unpaired) electrons. The summed E-state index contributed by atoms with van der Waals surface area (Å²) in [6, 6.07) is 9.54. The van der Waals surface area contributed by atoms with E-state index in [0.29, 0.717) is 11.4 Å². The van der Waals surface area contributed by atoms with Crippen LogP contribution in [0, 0.1) is 6.92 Å². The van der Waals surface area contributed by atoms with Crippen molar-refractivity contribution >= 4 is 5.91 Å². The Morgan fingerprint density at radius 2 is 2.09 bits per heavy atom. The molecule has 3 rings (SSSR count). The first-order valence-electron chi connectivity index (χ1n) is 7.22. The van der Waals surface area contributed by atoms with E-state index in [1.165, 1.54) is 12.6 Å². The topological polar surface area (TPSA) is 80.9 Å². The molecule has 0 aliphatic rings. The van der Waals surface area contributed by atoms with Crippen LogP contribution in [0.3, 0.4) is 0 Å². The molecule has 2 heterocycles. The van der Waals surface area contributed by atoms with Crippen molar-refractivity contribution in [1.29, 1.82) is 0 Å². The third-order valence-corrected chi connectivity index (χ3v) is 3.47. The number of amides is 1. The van der Waals surface area contributed by atoms with E-state index < -0.39 is 0 Å². The monoisotopic (exact) mass is 308 g/mol. The molecule has 0 spiro atoms. The smallest absolute Gasteiger partial charge is 0.253 e. The van der Waals surface area contributed by atoms with Crippen molar-refractivity contribution in [3.8, 4) is 11.1 Å². The first kappa shape index (κ1) is 14.9. The molecule has 116 valence electrons. The second kappa shape index (κ2) is 6.39. The van der Waals surface area contributed by atoms with Gasteiger partial charge < -0.3 is 9.84 Å². The maximum Gasteiger partial charge on any atom is 0.253 e. The number of aryl methyl sites for hydroxylation is 1. The number of carbonyl (C=O) groups excluding carboxylic acids is 1. The van der Waals surface area contributed by atoms with Crippen molar-refractivity contribution in [2.45, 2.75) is 19.9 Å². The molecular formula is C17H16N4O2. The molecule has 23 heavy (non-hydrogen) atoms. The Morgan fingerprint density at radius 3 is 2.83 bits per heavy atom. The van der Waals surface area contributed by atoms with Gasteiger partial charge in [-0.2, -0.15) is 4.98 Å². The Kier molecular flexibility index (Phi) is 4.14. The van der Waals surface area contributed by atoms with E-state index in [-0.39, 0.29) is 11.9 Å². The number of nitrogens with zero attached hydrogens (tertiary/aromatic N) is 3. The number of pyridine rings is 1. The van der Waals surface area contributed by atoms with E-state index in [1.54, 1.807) is 13.1 Å². The maximum absolute atomic E-state index is 12.4. The van der Waals surface area contributed by atoms with Crippen molar-refractivity contribution in [3.05, 3.63) is 66.1 Å². The van der Waals surface area contributed by atoms with Gasteiger partial charge in [0.2, 0.25) is 6.39 Å². The van der Waals surface area contributed by atoms with E-state index in [9.17, 15) is 4.79 Å². The van der Waals surface area contributed by atoms with Crippen molar-refractivity contribution < 1.29 is 9.32 Å². The molecule has 6 heteroatoms. The Hall–Kier alpha value is -3.02. The SMILES string of the molecule is Cc1cccc(-c2cncc(C(=O)N[C@@H](C)c3ncon3)c2)c1. The number of nitrogens with one attached hydrogen (secondary N) is 1. The summed E-state index contributed by atoms with van der Waals surface area (Å²) in [5.41, 5.74) is 3.56. The van der Waals surface area contributed by atoms with Crippen LogP contribution in [0.5, 0.6) is 0 Å². The zero-order valence-corrected chi connectivity index (χ0v) is 12.9. The molecule has 0 unspecified atom stereocenters. The summed E-state index contributed by atoms with van der Waals surface area (Å²) in [7, 11) is 0. The summed E-state index contributed by atoms with van der Waals surface area (Å²) in [4.78, 5) is 20.5. The molecular weight excluding hydrogens is 292 g/mol. The van der Waals surface area contributed by atoms with E-state index in [1.807, 2.05) is 31.2 Å². The van der Waals surface area contributed by atoms with E-state index in [2.05, 4.69) is 31.0 Å². The van der Waals surface area contributed by atoms with E-state index in [0.717, 1.165) is 16.7 Å². The maximum atomic E-state index is 12.4. The highest BCUT2D eigenvalue weighted by Crippen LogP contribution is 2.20. The highest BCUT2D eigenvalue weighted by atomic mass is 16.5. The lowest BCUT2D eigenvalue weighted by atomic mass is 10.0. The van der Waals surface area contributed by atoms with E-state index >= 15 is 0 Å². The Labute approximate surface area is 133 Å². The normalized spacial score (nSPS) is 11.9. The van der Waals surface area contributed by atoms with Crippen LogP contribution in [0.2, 0.25) is 0 Å². The largest absolute Gasteiger partial charge is 0.343 e. The summed E-state index contributed by atoms with van der Waals surface area (Å²) in [6.07, 6.45) is 4.52. The highest BCUT2D eigenvalue weighted by molar-refractivity contribution is 5.95. The quantitative estimate of drug-likeness (QED) is 0.801. The molecule has 1 atom stereocenters. The van der Waals surface area contributed by atoms with Crippen LogP contribution < -0.4 is 5.32 Å². The Balaban J connectivity index is 1.80. The lowest BCUT2D eigenvalue weighted by molar-refractivity contribution is 0.0937. The van der Waals surface area contributed by atoms with Gasteiger partial charge in [-0.25, -0.2) is 0 Å². The molecule has 0 bridgehead atoms. The van der Waals surface area contributed by atoms with Gasteiger partial charge in [-0.15, -0.1) is 0 Å². The lowest BCUT2D eigenvalue weighted by Gasteiger charge is -2.10. The average molecular weight is 308 g/mol. The molecule has 3 aromatic rings. The third kappa shape index (κ3) is 3.42. The van der Waals surface area contributed by atoms with E-state index in [4.69, 9.17) is 0 Å². The van der Waals surface area contributed by atoms with Gasteiger partial charge in [-0.1, -0.05) is 35.0 Å². The van der Waals surface area contributed by atoms with Crippen LogP contribution in [0.15, 0.2) is 53.6 Å². The summed E-state index contributed by atoms with van der Waals surface area (Å²) < 4.78 is 4.69. The Morgan fingerprint density at radius 1 is 1.22 bits per heavy atom. The first-order valence-corrected chi connectivity index (χ1v) is 7.22. The standard InChI is InChI=1S/C17H16N4O2/c1-11-4-3-5-13(6-11)14-7-15(9-18-8-14)17(22)20-12(2)16-19-10-23-21-16/h3-10,12H,1-2H3,(H,20,22)/t12-/m0/s1. The van der Waals surface area contributed by atoms with Crippen LogP contribution in [0.4, 0.5) is 0 Å². The van der Waals surface area contributed by atoms with Crippen molar-refractivity contribution in [2.75, 3.05) is 0 Å². The minimum Gasteiger partial charge on any atom is -0.343 e. The van der Waals surface area contributed by atoms with Crippen LogP contribution >= 0.6 is 0 Å². The predicted molar refractivity (Wildman–Crippen MR) is 84.6 cm³/mol. The van der Waals surface area contributed by atoms with Gasteiger partial charge in [0.05, 0.1) is 11.6 Å². The molecule has 0 fully saturated rings. The number of carbonyl (C=O) groups is 1. The summed E-state index contributed by atoms with van der Waals surface area (Å²) in [5, 5.41) is 6.55. The third-order valence-electron chi connectivity index (χ3n) is 3.47. The number of rotatable bonds is 4. The second-order valence-corrected chi connectivity index (χ2v) is 5.32. The zero-order chi connectivity index (χ0) is 16.2. The molecule has 0 aliphatic heterocycles. The molecule has 0 saturated carbocycles. The molecule has 2 aromatic heterocycles. The fourth-order valence-electron chi connectivity index (χ4n) is 2.26. The fraction of sp³-hybridized carbons (Fsp3) is 0.176. The van der Waals surface area contributed by atoms with Crippen LogP contribution in [0.25, 0.3) is 11.1 Å². The average Bonchev–Trinajstić information content (AvgIpc) is 3.09. The molecule has 6 nitrogen and oxygen atoms in total. The minimum absolute atomic E-state index is 0.232. The molecule has 1 N–H and O–H groups in total. The van der Waals surface area contributed by atoms with Crippen molar-refractivity contribution in [1.82, 2.24) is 20.4 Å². The van der Waals surface area contributed by atoms with Gasteiger partial charge in [-0.3, -0.25) is 9.78 Å². The van der Waals surface area contributed by atoms with Crippen LogP contribution in [-0.2, 0) is 0 Å². The summed E-state index contributed by atoms with van der Waals surface area (Å²) >= 11 is 0. The van der Waals surface area contributed by atoms with Gasteiger partial charge in [0.1, 0.15) is 0 Å². The number of aromatic nitrogens is 3. The predicted octanol–water partition coefficient (Wildman–Crippen LogP) is 2.93. The number of benzene rings is 1. The summed E-state index contributed by atoms with van der Waals surface area (Å²) in [5.74, 6) is 0.199. The van der Waals surface area contributed by atoms with Gasteiger partial charge in [0.15, 0.2) is 5.82 Å². The first-order chi connectivity index (χ1) is 11.1. The second-order valence-electron chi connectivity index (χ2n) is 5.32. The van der Waals surface area contributed by atoms with Gasteiger partial charge in [0, 0.05) is 18.0 Å². The van der Waals surface area contributed by atoms with Gasteiger partial charge in [0.25, 0.3) is 5.91 Å². The Bertz CT molecular complexity index is 815. The molecule has 1 aromatic carbocycles. The fourth-order valence-corrected chi connectivity index (χ4v) is 2.26. The highest BCUT2D eigenvalue weighted by Gasteiger charge is 2.15. The minimum atomic E-state index is -0.344. The van der Waals surface area contributed by atoms with Crippen molar-refractivity contribution in [3.63, 3.8) is 0 Å². The number of hydrogen-bond donors (Lipinski definition) is 1. The molecule has 1 amide bonds.